The Morgan fingerprint density at radius 3 is 2.78 bits per heavy atom. The van der Waals surface area contributed by atoms with Gasteiger partial charge in [0.1, 0.15) is 12.4 Å². The van der Waals surface area contributed by atoms with Crippen molar-refractivity contribution in [1.82, 2.24) is 15.1 Å². The second-order valence-electron chi connectivity index (χ2n) is 8.19. The van der Waals surface area contributed by atoms with E-state index >= 15 is 0 Å². The summed E-state index contributed by atoms with van der Waals surface area (Å²) in [5.74, 6) is 1.92. The fraction of sp³-hybridized carbons (Fsp3) is 0.667. The molecule has 0 bridgehead atoms. The molecule has 3 rings (SSSR count). The van der Waals surface area contributed by atoms with Crippen molar-refractivity contribution >= 4 is 5.96 Å². The molecule has 2 saturated heterocycles. The Balaban J connectivity index is 1.45. The molecule has 6 heteroatoms. The van der Waals surface area contributed by atoms with E-state index < -0.39 is 0 Å². The molecule has 6 nitrogen and oxygen atoms in total. The highest BCUT2D eigenvalue weighted by Crippen LogP contribution is 2.28. The van der Waals surface area contributed by atoms with Gasteiger partial charge >= 0.3 is 0 Å². The molecule has 0 aliphatic carbocycles. The van der Waals surface area contributed by atoms with E-state index in [1.54, 1.807) is 0 Å². The summed E-state index contributed by atoms with van der Waals surface area (Å²) in [6.45, 7) is 12.8. The zero-order valence-corrected chi connectivity index (χ0v) is 17.0. The molecule has 150 valence electrons. The van der Waals surface area contributed by atoms with Gasteiger partial charge in [0.15, 0.2) is 5.96 Å². The predicted molar refractivity (Wildman–Crippen MR) is 109 cm³/mol. The Kier molecular flexibility index (Phi) is 6.96. The number of likely N-dealkylation sites (tertiary alicyclic amines) is 1. The monoisotopic (exact) mass is 374 g/mol. The van der Waals surface area contributed by atoms with Gasteiger partial charge in [-0.1, -0.05) is 26.0 Å². The van der Waals surface area contributed by atoms with Crippen LogP contribution < -0.4 is 10.1 Å². The fourth-order valence-electron chi connectivity index (χ4n) is 3.67. The molecule has 1 aromatic rings. The van der Waals surface area contributed by atoms with Crippen LogP contribution in [0.15, 0.2) is 29.3 Å². The summed E-state index contributed by atoms with van der Waals surface area (Å²) >= 11 is 0. The Hall–Kier alpha value is -1.79. The smallest absolute Gasteiger partial charge is 0.193 e. The van der Waals surface area contributed by atoms with Crippen molar-refractivity contribution in [2.24, 2.45) is 10.4 Å². The second-order valence-corrected chi connectivity index (χ2v) is 8.19. The van der Waals surface area contributed by atoms with Crippen LogP contribution in [0.25, 0.3) is 0 Å². The molecule has 2 heterocycles. The molecular formula is C21H34N4O2. The van der Waals surface area contributed by atoms with Crippen molar-refractivity contribution in [3.05, 3.63) is 29.8 Å². The second kappa shape index (κ2) is 9.42. The normalized spacial score (nSPS) is 20.7. The lowest BCUT2D eigenvalue weighted by molar-refractivity contribution is 0.0322. The number of nitrogens with zero attached hydrogens (tertiary/aromatic N) is 3. The highest BCUT2D eigenvalue weighted by Gasteiger charge is 2.30. The molecule has 2 aliphatic rings. The standard InChI is InChI=1S/C21H34N4O2/c1-21(2)7-8-25(17-21)20(22-3)23-16-18-5-4-6-19(15-18)27-14-11-24-9-12-26-13-10-24/h4-6,15H,7-14,16-17H2,1-3H3,(H,22,23). The Bertz CT molecular complexity index is 626. The highest BCUT2D eigenvalue weighted by molar-refractivity contribution is 5.80. The Labute approximate surface area is 163 Å². The number of aliphatic imine (C=N–C) groups is 1. The molecule has 2 aliphatic heterocycles. The van der Waals surface area contributed by atoms with Gasteiger partial charge in [0.2, 0.25) is 0 Å². The van der Waals surface area contributed by atoms with E-state index in [4.69, 9.17) is 9.47 Å². The van der Waals surface area contributed by atoms with Gasteiger partial charge in [0.25, 0.3) is 0 Å². The van der Waals surface area contributed by atoms with Crippen LogP contribution in [0.5, 0.6) is 5.75 Å². The molecule has 0 saturated carbocycles. The zero-order valence-electron chi connectivity index (χ0n) is 17.0. The van der Waals surface area contributed by atoms with Gasteiger partial charge in [-0.05, 0) is 29.5 Å². The maximum atomic E-state index is 5.96. The quantitative estimate of drug-likeness (QED) is 0.611. The van der Waals surface area contributed by atoms with Crippen molar-refractivity contribution in [3.63, 3.8) is 0 Å². The van der Waals surface area contributed by atoms with Gasteiger partial charge in [-0.15, -0.1) is 0 Å². The van der Waals surface area contributed by atoms with Crippen molar-refractivity contribution in [3.8, 4) is 5.75 Å². The van der Waals surface area contributed by atoms with Crippen LogP contribution in [0, 0.1) is 5.41 Å². The van der Waals surface area contributed by atoms with E-state index in [0.29, 0.717) is 12.0 Å². The molecule has 0 amide bonds. The lowest BCUT2D eigenvalue weighted by Gasteiger charge is -2.26. The van der Waals surface area contributed by atoms with Gasteiger partial charge in [0.05, 0.1) is 13.2 Å². The van der Waals surface area contributed by atoms with E-state index in [9.17, 15) is 0 Å². The fourth-order valence-corrected chi connectivity index (χ4v) is 3.67. The maximum absolute atomic E-state index is 5.96. The minimum atomic E-state index is 0.367. The first-order valence-corrected chi connectivity index (χ1v) is 10.0. The number of ether oxygens (including phenoxy) is 2. The van der Waals surface area contributed by atoms with Crippen molar-refractivity contribution < 1.29 is 9.47 Å². The average Bonchev–Trinajstić information content (AvgIpc) is 3.03. The first-order chi connectivity index (χ1) is 13.1. The molecule has 1 N–H and O–H groups in total. The van der Waals surface area contributed by atoms with E-state index in [-0.39, 0.29) is 0 Å². The van der Waals surface area contributed by atoms with Crippen molar-refractivity contribution in [1.29, 1.82) is 0 Å². The lowest BCUT2D eigenvalue weighted by atomic mass is 9.93. The number of morpholine rings is 1. The summed E-state index contributed by atoms with van der Waals surface area (Å²) in [4.78, 5) is 9.19. The predicted octanol–water partition coefficient (Wildman–Crippen LogP) is 2.20. The van der Waals surface area contributed by atoms with E-state index in [2.05, 4.69) is 52.2 Å². The molecule has 27 heavy (non-hydrogen) atoms. The van der Waals surface area contributed by atoms with Crippen LogP contribution in [0.4, 0.5) is 0 Å². The minimum absolute atomic E-state index is 0.367. The number of nitrogens with one attached hydrogen (secondary N) is 1. The number of rotatable bonds is 6. The molecule has 0 radical (unpaired) electrons. The number of benzene rings is 1. The topological polar surface area (TPSA) is 49.3 Å². The van der Waals surface area contributed by atoms with Crippen LogP contribution in [0.3, 0.4) is 0 Å². The summed E-state index contributed by atoms with van der Waals surface area (Å²) < 4.78 is 11.3. The third kappa shape index (κ3) is 6.11. The van der Waals surface area contributed by atoms with Crippen LogP contribution in [0.2, 0.25) is 0 Å². The third-order valence-electron chi connectivity index (χ3n) is 5.32. The molecule has 0 aromatic heterocycles. The molecule has 1 aromatic carbocycles. The average molecular weight is 375 g/mol. The molecule has 0 spiro atoms. The van der Waals surface area contributed by atoms with E-state index in [1.807, 2.05) is 13.1 Å². The SMILES string of the molecule is CN=C(NCc1cccc(OCCN2CCOCC2)c1)N1CCC(C)(C)C1. The van der Waals surface area contributed by atoms with Crippen LogP contribution in [-0.2, 0) is 11.3 Å². The van der Waals surface area contributed by atoms with Crippen LogP contribution in [-0.4, -0.2) is 75.4 Å². The summed E-state index contributed by atoms with van der Waals surface area (Å²) in [5, 5.41) is 3.50. The summed E-state index contributed by atoms with van der Waals surface area (Å²) in [6.07, 6.45) is 1.21. The zero-order chi connectivity index (χ0) is 19.1. The van der Waals surface area contributed by atoms with Crippen LogP contribution in [0.1, 0.15) is 25.8 Å². The first-order valence-electron chi connectivity index (χ1n) is 10.0. The molecule has 0 atom stereocenters. The summed E-state index contributed by atoms with van der Waals surface area (Å²) in [6, 6.07) is 8.33. The Morgan fingerprint density at radius 1 is 1.26 bits per heavy atom. The van der Waals surface area contributed by atoms with Gasteiger partial charge in [-0.2, -0.15) is 0 Å². The maximum Gasteiger partial charge on any atom is 0.193 e. The molecule has 0 unspecified atom stereocenters. The highest BCUT2D eigenvalue weighted by atomic mass is 16.5. The number of hydrogen-bond acceptors (Lipinski definition) is 4. The number of hydrogen-bond donors (Lipinski definition) is 1. The summed E-state index contributed by atoms with van der Waals surface area (Å²) in [7, 11) is 1.86. The van der Waals surface area contributed by atoms with E-state index in [1.165, 1.54) is 12.0 Å². The molecular weight excluding hydrogens is 340 g/mol. The third-order valence-corrected chi connectivity index (χ3v) is 5.32. The van der Waals surface area contributed by atoms with Gasteiger partial charge in [0, 0.05) is 46.3 Å². The minimum Gasteiger partial charge on any atom is -0.492 e. The van der Waals surface area contributed by atoms with Gasteiger partial charge in [-0.3, -0.25) is 9.89 Å². The van der Waals surface area contributed by atoms with Crippen molar-refractivity contribution in [2.75, 3.05) is 59.6 Å². The first kappa shape index (κ1) is 20.0. The van der Waals surface area contributed by atoms with Gasteiger partial charge < -0.3 is 19.7 Å². The van der Waals surface area contributed by atoms with E-state index in [0.717, 1.165) is 64.2 Å². The van der Waals surface area contributed by atoms with Crippen LogP contribution >= 0.6 is 0 Å². The Morgan fingerprint density at radius 2 is 2.07 bits per heavy atom. The summed E-state index contributed by atoms with van der Waals surface area (Å²) in [5.41, 5.74) is 1.57. The van der Waals surface area contributed by atoms with Gasteiger partial charge in [-0.25, -0.2) is 0 Å². The molecule has 2 fully saturated rings. The lowest BCUT2D eigenvalue weighted by Crippen LogP contribution is -2.40. The largest absolute Gasteiger partial charge is 0.492 e. The number of guanidine groups is 1. The van der Waals surface area contributed by atoms with Crippen molar-refractivity contribution in [2.45, 2.75) is 26.8 Å².